The fourth-order valence-electron chi connectivity index (χ4n) is 2.53. The van der Waals surface area contributed by atoms with Crippen LogP contribution in [-0.4, -0.2) is 11.1 Å². The number of aliphatic carboxylic acids is 1. The van der Waals surface area contributed by atoms with Crippen molar-refractivity contribution in [1.29, 1.82) is 0 Å². The van der Waals surface area contributed by atoms with Crippen LogP contribution in [0.1, 0.15) is 97.3 Å². The molecule has 2 heteroatoms. The van der Waals surface area contributed by atoms with E-state index in [1.807, 2.05) is 0 Å². The van der Waals surface area contributed by atoms with E-state index in [0.29, 0.717) is 6.42 Å². The minimum absolute atomic E-state index is 0.343. The zero-order valence-electron chi connectivity index (χ0n) is 13.1. The van der Waals surface area contributed by atoms with Gasteiger partial charge in [0, 0.05) is 6.42 Å². The molecule has 0 aliphatic heterocycles. The number of rotatable bonds is 14. The van der Waals surface area contributed by atoms with Gasteiger partial charge in [-0.2, -0.15) is 0 Å². The molecule has 0 rings (SSSR count). The lowest BCUT2D eigenvalue weighted by Gasteiger charge is -2.10. The molecular formula is C17H34O2. The molecule has 0 spiro atoms. The first-order valence-corrected chi connectivity index (χ1v) is 8.38. The average Bonchev–Trinajstić information content (AvgIpc) is 2.38. The van der Waals surface area contributed by atoms with E-state index >= 15 is 0 Å². The van der Waals surface area contributed by atoms with Gasteiger partial charge in [-0.15, -0.1) is 0 Å². The first kappa shape index (κ1) is 18.5. The fourth-order valence-corrected chi connectivity index (χ4v) is 2.53. The summed E-state index contributed by atoms with van der Waals surface area (Å²) in [6, 6.07) is 0. The van der Waals surface area contributed by atoms with Crippen molar-refractivity contribution in [1.82, 2.24) is 0 Å². The molecule has 0 aromatic heterocycles. The van der Waals surface area contributed by atoms with Crippen LogP contribution in [0.3, 0.4) is 0 Å². The highest BCUT2D eigenvalue weighted by Gasteiger charge is 2.01. The zero-order chi connectivity index (χ0) is 14.3. The monoisotopic (exact) mass is 270 g/mol. The molecule has 0 saturated carbocycles. The van der Waals surface area contributed by atoms with Crippen LogP contribution in [-0.2, 0) is 4.79 Å². The van der Waals surface area contributed by atoms with E-state index in [0.717, 1.165) is 18.8 Å². The predicted molar refractivity (Wildman–Crippen MR) is 82.5 cm³/mol. The molecule has 0 heterocycles. The van der Waals surface area contributed by atoms with Crippen molar-refractivity contribution < 1.29 is 9.90 Å². The van der Waals surface area contributed by atoms with Gasteiger partial charge in [0.1, 0.15) is 0 Å². The Morgan fingerprint density at radius 1 is 0.842 bits per heavy atom. The summed E-state index contributed by atoms with van der Waals surface area (Å²) >= 11 is 0. The number of hydrogen-bond acceptors (Lipinski definition) is 1. The van der Waals surface area contributed by atoms with Crippen LogP contribution >= 0.6 is 0 Å². The highest BCUT2D eigenvalue weighted by molar-refractivity contribution is 5.66. The van der Waals surface area contributed by atoms with Crippen molar-refractivity contribution in [3.8, 4) is 0 Å². The van der Waals surface area contributed by atoms with Gasteiger partial charge in [-0.1, -0.05) is 84.5 Å². The maximum Gasteiger partial charge on any atom is 0.303 e. The average molecular weight is 270 g/mol. The van der Waals surface area contributed by atoms with Crippen molar-refractivity contribution in [2.45, 2.75) is 97.3 Å². The summed E-state index contributed by atoms with van der Waals surface area (Å²) in [6.45, 7) is 4.65. The number of unbranched alkanes of at least 4 members (excludes halogenated alkanes) is 8. The molecule has 114 valence electrons. The second-order valence-corrected chi connectivity index (χ2v) is 6.01. The van der Waals surface area contributed by atoms with Gasteiger partial charge in [-0.3, -0.25) is 4.79 Å². The molecule has 0 unspecified atom stereocenters. The molecule has 0 radical (unpaired) electrons. The summed E-state index contributed by atoms with van der Waals surface area (Å²) in [5, 5.41) is 8.51. The van der Waals surface area contributed by atoms with Gasteiger partial charge in [0.05, 0.1) is 0 Å². The lowest BCUT2D eigenvalue weighted by Crippen LogP contribution is -1.94. The Morgan fingerprint density at radius 2 is 1.32 bits per heavy atom. The maximum absolute atomic E-state index is 10.3. The summed E-state index contributed by atoms with van der Waals surface area (Å²) in [6.07, 6.45) is 15.7. The van der Waals surface area contributed by atoms with Crippen molar-refractivity contribution in [2.75, 3.05) is 0 Å². The molecule has 1 atom stereocenters. The smallest absolute Gasteiger partial charge is 0.303 e. The highest BCUT2D eigenvalue weighted by Crippen LogP contribution is 2.17. The van der Waals surface area contributed by atoms with Crippen LogP contribution in [0.4, 0.5) is 0 Å². The molecule has 0 aromatic carbocycles. The van der Waals surface area contributed by atoms with Crippen LogP contribution in [0.5, 0.6) is 0 Å². The summed E-state index contributed by atoms with van der Waals surface area (Å²) in [7, 11) is 0. The Morgan fingerprint density at radius 3 is 1.84 bits per heavy atom. The van der Waals surface area contributed by atoms with Crippen molar-refractivity contribution in [3.05, 3.63) is 0 Å². The highest BCUT2D eigenvalue weighted by atomic mass is 16.4. The number of carbonyl (C=O) groups is 1. The molecule has 0 bridgehead atoms. The SMILES string of the molecule is CCCC[C@H](C)CCCCCCCCCCC(=O)O. The Hall–Kier alpha value is -0.530. The topological polar surface area (TPSA) is 37.3 Å². The van der Waals surface area contributed by atoms with Gasteiger partial charge >= 0.3 is 5.97 Å². The summed E-state index contributed by atoms with van der Waals surface area (Å²) in [5.41, 5.74) is 0. The van der Waals surface area contributed by atoms with Gasteiger partial charge in [0.15, 0.2) is 0 Å². The Kier molecular flexibility index (Phi) is 13.5. The second-order valence-electron chi connectivity index (χ2n) is 6.01. The largest absolute Gasteiger partial charge is 0.481 e. The lowest BCUT2D eigenvalue weighted by atomic mass is 9.97. The molecular weight excluding hydrogens is 236 g/mol. The third-order valence-corrected chi connectivity index (χ3v) is 3.89. The Balaban J connectivity index is 3.08. The predicted octanol–water partition coefficient (Wildman–Crippen LogP) is 5.80. The van der Waals surface area contributed by atoms with Crippen LogP contribution in [0, 0.1) is 5.92 Å². The maximum atomic E-state index is 10.3. The Labute approximate surface area is 120 Å². The minimum atomic E-state index is -0.655. The standard InChI is InChI=1S/C17H34O2/c1-3-4-13-16(2)14-11-9-7-5-6-8-10-12-15-17(18)19/h16H,3-15H2,1-2H3,(H,18,19)/t16-/m0/s1. The van der Waals surface area contributed by atoms with E-state index < -0.39 is 5.97 Å². The number of carboxylic acid groups (broad SMARTS) is 1. The Bertz CT molecular complexity index is 201. The first-order valence-electron chi connectivity index (χ1n) is 8.38. The molecule has 2 nitrogen and oxygen atoms in total. The second kappa shape index (κ2) is 13.9. The van der Waals surface area contributed by atoms with Crippen LogP contribution in [0.25, 0.3) is 0 Å². The number of hydrogen-bond donors (Lipinski definition) is 1. The van der Waals surface area contributed by atoms with E-state index in [4.69, 9.17) is 5.11 Å². The van der Waals surface area contributed by atoms with E-state index in [1.54, 1.807) is 0 Å². The zero-order valence-corrected chi connectivity index (χ0v) is 13.1. The lowest BCUT2D eigenvalue weighted by molar-refractivity contribution is -0.137. The normalized spacial score (nSPS) is 12.5. The molecule has 0 aliphatic rings. The van der Waals surface area contributed by atoms with E-state index in [1.165, 1.54) is 64.2 Å². The van der Waals surface area contributed by atoms with Crippen molar-refractivity contribution >= 4 is 5.97 Å². The molecule has 0 fully saturated rings. The summed E-state index contributed by atoms with van der Waals surface area (Å²) in [4.78, 5) is 10.3. The number of carboxylic acids is 1. The molecule has 19 heavy (non-hydrogen) atoms. The van der Waals surface area contributed by atoms with Gasteiger partial charge in [0.25, 0.3) is 0 Å². The van der Waals surface area contributed by atoms with Gasteiger partial charge in [-0.05, 0) is 12.3 Å². The van der Waals surface area contributed by atoms with Gasteiger partial charge in [-0.25, -0.2) is 0 Å². The molecule has 0 aromatic rings. The first-order chi connectivity index (χ1) is 9.16. The van der Waals surface area contributed by atoms with Crippen LogP contribution in [0.15, 0.2) is 0 Å². The van der Waals surface area contributed by atoms with Crippen LogP contribution < -0.4 is 0 Å². The third kappa shape index (κ3) is 15.4. The van der Waals surface area contributed by atoms with Crippen LogP contribution in [0.2, 0.25) is 0 Å². The quantitative estimate of drug-likeness (QED) is 0.405. The van der Waals surface area contributed by atoms with E-state index in [-0.39, 0.29) is 0 Å². The minimum Gasteiger partial charge on any atom is -0.481 e. The molecule has 0 saturated heterocycles. The van der Waals surface area contributed by atoms with Crippen molar-refractivity contribution in [3.63, 3.8) is 0 Å². The summed E-state index contributed by atoms with van der Waals surface area (Å²) < 4.78 is 0. The summed E-state index contributed by atoms with van der Waals surface area (Å²) in [5.74, 6) is 0.258. The van der Waals surface area contributed by atoms with E-state index in [2.05, 4.69) is 13.8 Å². The fraction of sp³-hybridized carbons (Fsp3) is 0.941. The van der Waals surface area contributed by atoms with Gasteiger partial charge in [0.2, 0.25) is 0 Å². The van der Waals surface area contributed by atoms with Gasteiger partial charge < -0.3 is 5.11 Å². The molecule has 0 aliphatic carbocycles. The molecule has 0 amide bonds. The van der Waals surface area contributed by atoms with E-state index in [9.17, 15) is 4.79 Å². The molecule has 1 N–H and O–H groups in total. The third-order valence-electron chi connectivity index (χ3n) is 3.89. The van der Waals surface area contributed by atoms with Crippen molar-refractivity contribution in [2.24, 2.45) is 5.92 Å².